The summed E-state index contributed by atoms with van der Waals surface area (Å²) >= 11 is 0. The lowest BCUT2D eigenvalue weighted by molar-refractivity contribution is 0.130. The predicted octanol–water partition coefficient (Wildman–Crippen LogP) is 3.16. The molecule has 0 aromatic rings. The van der Waals surface area contributed by atoms with Crippen molar-refractivity contribution >= 4 is 0 Å². The third-order valence-corrected chi connectivity index (χ3v) is 3.35. The van der Waals surface area contributed by atoms with Crippen molar-refractivity contribution in [1.82, 2.24) is 5.32 Å². The number of aliphatic hydroxyl groups is 1. The average molecular weight is 258 g/mol. The van der Waals surface area contributed by atoms with Gasteiger partial charge in [0.2, 0.25) is 0 Å². The van der Waals surface area contributed by atoms with Crippen LogP contribution < -0.4 is 11.1 Å². The predicted molar refractivity (Wildman–Crippen MR) is 79.5 cm³/mol. The maximum Gasteiger partial charge on any atom is 0.106 e. The molecule has 0 aromatic carbocycles. The average Bonchev–Trinajstić information content (AvgIpc) is 2.36. The van der Waals surface area contributed by atoms with E-state index in [9.17, 15) is 5.11 Å². The molecule has 0 aromatic heterocycles. The highest BCUT2D eigenvalue weighted by atomic mass is 16.3. The van der Waals surface area contributed by atoms with E-state index in [1.165, 1.54) is 57.8 Å². The molecule has 0 aliphatic carbocycles. The molecule has 0 aliphatic rings. The van der Waals surface area contributed by atoms with E-state index >= 15 is 0 Å². The minimum atomic E-state index is -0.409. The minimum absolute atomic E-state index is 0.409. The molecule has 0 fully saturated rings. The number of hydrogen-bond donors (Lipinski definition) is 3. The Balaban J connectivity index is 2.98. The molecule has 0 rings (SSSR count). The lowest BCUT2D eigenvalue weighted by Crippen LogP contribution is -2.31. The van der Waals surface area contributed by atoms with E-state index in [4.69, 9.17) is 5.73 Å². The molecule has 110 valence electrons. The first kappa shape index (κ1) is 17.9. The van der Waals surface area contributed by atoms with Gasteiger partial charge in [0.25, 0.3) is 0 Å². The van der Waals surface area contributed by atoms with Gasteiger partial charge in [0.1, 0.15) is 6.23 Å². The lowest BCUT2D eigenvalue weighted by Gasteiger charge is -2.11. The van der Waals surface area contributed by atoms with Gasteiger partial charge in [0, 0.05) is 0 Å². The summed E-state index contributed by atoms with van der Waals surface area (Å²) in [6.07, 6.45) is 13.8. The molecule has 0 spiro atoms. The molecule has 0 radical (unpaired) electrons. The molecule has 0 amide bonds. The van der Waals surface area contributed by atoms with Crippen molar-refractivity contribution in [1.29, 1.82) is 0 Å². The normalized spacial score (nSPS) is 12.8. The zero-order chi connectivity index (χ0) is 13.5. The van der Waals surface area contributed by atoms with E-state index in [1.54, 1.807) is 0 Å². The molecule has 3 heteroatoms. The number of hydrogen-bond acceptors (Lipinski definition) is 3. The fourth-order valence-corrected chi connectivity index (χ4v) is 2.14. The summed E-state index contributed by atoms with van der Waals surface area (Å²) in [5, 5.41) is 12.5. The van der Waals surface area contributed by atoms with Crippen LogP contribution in [0, 0.1) is 0 Å². The van der Waals surface area contributed by atoms with Crippen molar-refractivity contribution in [2.75, 3.05) is 13.1 Å². The van der Waals surface area contributed by atoms with Crippen LogP contribution in [0.25, 0.3) is 0 Å². The Bertz CT molecular complexity index is 153. The van der Waals surface area contributed by atoms with E-state index < -0.39 is 6.23 Å². The Kier molecular flexibility index (Phi) is 14.8. The van der Waals surface area contributed by atoms with Crippen LogP contribution in [-0.2, 0) is 0 Å². The Morgan fingerprint density at radius 3 is 1.89 bits per heavy atom. The molecule has 0 bridgehead atoms. The van der Waals surface area contributed by atoms with Crippen molar-refractivity contribution in [3.63, 3.8) is 0 Å². The summed E-state index contributed by atoms with van der Waals surface area (Å²) in [5.41, 5.74) is 5.36. The standard InChI is InChI=1S/C15H34N2O/c1-2-3-4-5-6-7-8-9-10-11-14-17-15(18)12-13-16/h15,17-18H,2-14,16H2,1H3. The Labute approximate surface area is 114 Å². The summed E-state index contributed by atoms with van der Waals surface area (Å²) in [6.45, 7) is 3.72. The number of nitrogens with two attached hydrogens (primary N) is 1. The molecule has 0 heterocycles. The van der Waals surface area contributed by atoms with Gasteiger partial charge in [-0.25, -0.2) is 0 Å². The quantitative estimate of drug-likeness (QED) is 0.331. The van der Waals surface area contributed by atoms with Crippen LogP contribution in [0.4, 0.5) is 0 Å². The zero-order valence-electron chi connectivity index (χ0n) is 12.3. The Morgan fingerprint density at radius 1 is 0.889 bits per heavy atom. The SMILES string of the molecule is CCCCCCCCCCCCNC(O)CCN. The van der Waals surface area contributed by atoms with Crippen LogP contribution in [0.3, 0.4) is 0 Å². The van der Waals surface area contributed by atoms with Gasteiger partial charge >= 0.3 is 0 Å². The maximum atomic E-state index is 9.40. The molecule has 0 saturated carbocycles. The molecule has 18 heavy (non-hydrogen) atoms. The zero-order valence-corrected chi connectivity index (χ0v) is 12.3. The van der Waals surface area contributed by atoms with Gasteiger partial charge in [-0.2, -0.15) is 0 Å². The third kappa shape index (κ3) is 13.9. The molecule has 4 N–H and O–H groups in total. The Morgan fingerprint density at radius 2 is 1.39 bits per heavy atom. The fourth-order valence-electron chi connectivity index (χ4n) is 2.14. The summed E-state index contributed by atoms with van der Waals surface area (Å²) in [4.78, 5) is 0. The van der Waals surface area contributed by atoms with Gasteiger partial charge in [-0.15, -0.1) is 0 Å². The first-order chi connectivity index (χ1) is 8.81. The largest absolute Gasteiger partial charge is 0.379 e. The van der Waals surface area contributed by atoms with Gasteiger partial charge in [-0.3, -0.25) is 5.32 Å². The Hall–Kier alpha value is -0.120. The van der Waals surface area contributed by atoms with Crippen LogP contribution in [0.15, 0.2) is 0 Å². The minimum Gasteiger partial charge on any atom is -0.379 e. The second kappa shape index (κ2) is 14.9. The van der Waals surface area contributed by atoms with E-state index in [2.05, 4.69) is 12.2 Å². The van der Waals surface area contributed by atoms with Crippen molar-refractivity contribution in [3.8, 4) is 0 Å². The van der Waals surface area contributed by atoms with Crippen LogP contribution in [-0.4, -0.2) is 24.4 Å². The second-order valence-corrected chi connectivity index (χ2v) is 5.23. The lowest BCUT2D eigenvalue weighted by atomic mass is 10.1. The van der Waals surface area contributed by atoms with Crippen molar-refractivity contribution in [2.45, 2.75) is 83.8 Å². The molecule has 0 saturated heterocycles. The molecule has 1 unspecified atom stereocenters. The second-order valence-electron chi connectivity index (χ2n) is 5.23. The topological polar surface area (TPSA) is 58.3 Å². The van der Waals surface area contributed by atoms with E-state index in [0.29, 0.717) is 13.0 Å². The van der Waals surface area contributed by atoms with Crippen molar-refractivity contribution in [2.24, 2.45) is 5.73 Å². The van der Waals surface area contributed by atoms with E-state index in [-0.39, 0.29) is 0 Å². The molecule has 3 nitrogen and oxygen atoms in total. The molecule has 0 aliphatic heterocycles. The summed E-state index contributed by atoms with van der Waals surface area (Å²) in [6, 6.07) is 0. The van der Waals surface area contributed by atoms with Crippen molar-refractivity contribution in [3.05, 3.63) is 0 Å². The smallest absolute Gasteiger partial charge is 0.106 e. The van der Waals surface area contributed by atoms with Crippen LogP contribution >= 0.6 is 0 Å². The monoisotopic (exact) mass is 258 g/mol. The molecular formula is C15H34N2O. The highest BCUT2D eigenvalue weighted by Gasteiger charge is 1.99. The van der Waals surface area contributed by atoms with Crippen LogP contribution in [0.1, 0.15) is 77.6 Å². The van der Waals surface area contributed by atoms with Crippen LogP contribution in [0.5, 0.6) is 0 Å². The van der Waals surface area contributed by atoms with Crippen molar-refractivity contribution < 1.29 is 5.11 Å². The number of nitrogens with one attached hydrogen (secondary N) is 1. The van der Waals surface area contributed by atoms with E-state index in [1.807, 2.05) is 0 Å². The first-order valence-electron chi connectivity index (χ1n) is 7.92. The maximum absolute atomic E-state index is 9.40. The van der Waals surface area contributed by atoms with Gasteiger partial charge in [0.15, 0.2) is 0 Å². The molecule has 1 atom stereocenters. The number of unbranched alkanes of at least 4 members (excludes halogenated alkanes) is 9. The van der Waals surface area contributed by atoms with Gasteiger partial charge in [-0.05, 0) is 25.9 Å². The van der Waals surface area contributed by atoms with Crippen LogP contribution in [0.2, 0.25) is 0 Å². The third-order valence-electron chi connectivity index (χ3n) is 3.35. The van der Waals surface area contributed by atoms with Gasteiger partial charge in [-0.1, -0.05) is 64.7 Å². The molecular weight excluding hydrogens is 224 g/mol. The number of aliphatic hydroxyl groups excluding tert-OH is 1. The summed E-state index contributed by atoms with van der Waals surface area (Å²) in [7, 11) is 0. The van der Waals surface area contributed by atoms with E-state index in [0.717, 1.165) is 13.0 Å². The van der Waals surface area contributed by atoms with Gasteiger partial charge < -0.3 is 10.8 Å². The number of rotatable bonds is 14. The summed E-state index contributed by atoms with van der Waals surface area (Å²) < 4.78 is 0. The fraction of sp³-hybridized carbons (Fsp3) is 1.00. The highest BCUT2D eigenvalue weighted by molar-refractivity contribution is 4.55. The highest BCUT2D eigenvalue weighted by Crippen LogP contribution is 2.10. The van der Waals surface area contributed by atoms with Gasteiger partial charge in [0.05, 0.1) is 0 Å². The first-order valence-corrected chi connectivity index (χ1v) is 7.92. The summed E-state index contributed by atoms with van der Waals surface area (Å²) in [5.74, 6) is 0.